The first-order chi connectivity index (χ1) is 4.98. The molecule has 0 aromatic carbocycles. The molecule has 0 aliphatic heterocycles. The summed E-state index contributed by atoms with van der Waals surface area (Å²) >= 11 is 0. The lowest BCUT2D eigenvalue weighted by molar-refractivity contribution is 0.165. The summed E-state index contributed by atoms with van der Waals surface area (Å²) in [6.07, 6.45) is -0.916. The van der Waals surface area contributed by atoms with E-state index in [0.29, 0.717) is 0 Å². The van der Waals surface area contributed by atoms with Crippen LogP contribution in [0.5, 0.6) is 0 Å². The molecule has 68 valence electrons. The number of aliphatic hydroxyl groups excluding tert-OH is 1. The van der Waals surface area contributed by atoms with Gasteiger partial charge in [-0.25, -0.2) is 0 Å². The molecular formula is C5H14NO4P. The first kappa shape index (κ1) is 11.1. The number of aliphatic hydroxyl groups is 1. The van der Waals surface area contributed by atoms with E-state index in [4.69, 9.17) is 10.8 Å². The minimum absolute atomic E-state index is 0.916. The van der Waals surface area contributed by atoms with Gasteiger partial charge in [0, 0.05) is 14.2 Å². The molecule has 0 spiro atoms. The zero-order valence-electron chi connectivity index (χ0n) is 6.85. The van der Waals surface area contributed by atoms with Crippen LogP contribution in [0, 0.1) is 0 Å². The van der Waals surface area contributed by atoms with Gasteiger partial charge in [0.1, 0.15) is 5.78 Å². The summed E-state index contributed by atoms with van der Waals surface area (Å²) in [6, 6.07) is 0. The predicted octanol–water partition coefficient (Wildman–Crippen LogP) is 0.138. The average molecular weight is 183 g/mol. The van der Waals surface area contributed by atoms with E-state index in [-0.39, 0.29) is 0 Å². The van der Waals surface area contributed by atoms with Gasteiger partial charge in [0.25, 0.3) is 0 Å². The molecule has 5 nitrogen and oxygen atoms in total. The monoisotopic (exact) mass is 183 g/mol. The number of rotatable bonds is 4. The van der Waals surface area contributed by atoms with Crippen LogP contribution in [-0.4, -0.2) is 31.2 Å². The van der Waals surface area contributed by atoms with Gasteiger partial charge in [-0.1, -0.05) is 0 Å². The zero-order valence-corrected chi connectivity index (χ0v) is 7.75. The van der Waals surface area contributed by atoms with Crippen LogP contribution in [-0.2, 0) is 13.6 Å². The van der Waals surface area contributed by atoms with E-state index in [9.17, 15) is 4.57 Å². The lowest BCUT2D eigenvalue weighted by Gasteiger charge is -2.22. The first-order valence-corrected chi connectivity index (χ1v) is 4.74. The van der Waals surface area contributed by atoms with Crippen LogP contribution in [0.3, 0.4) is 0 Å². The van der Waals surface area contributed by atoms with Gasteiger partial charge in [-0.3, -0.25) is 4.57 Å². The Morgan fingerprint density at radius 1 is 1.45 bits per heavy atom. The molecule has 2 atom stereocenters. The summed E-state index contributed by atoms with van der Waals surface area (Å²) in [5.74, 6) is -0.988. The summed E-state index contributed by atoms with van der Waals surface area (Å²) in [7, 11) is -0.843. The van der Waals surface area contributed by atoms with E-state index in [2.05, 4.69) is 9.05 Å². The largest absolute Gasteiger partial charge is 0.391 e. The van der Waals surface area contributed by atoms with Crippen LogP contribution in [0.4, 0.5) is 0 Å². The average Bonchev–Trinajstić information content (AvgIpc) is 2.01. The maximum Gasteiger partial charge on any atom is 0.349 e. The molecule has 0 fully saturated rings. The molecule has 1 unspecified atom stereocenters. The fourth-order valence-electron chi connectivity index (χ4n) is 0.582. The molecule has 11 heavy (non-hydrogen) atoms. The van der Waals surface area contributed by atoms with Crippen molar-refractivity contribution in [1.29, 1.82) is 0 Å². The maximum absolute atomic E-state index is 11.4. The first-order valence-electron chi connectivity index (χ1n) is 3.12. The van der Waals surface area contributed by atoms with Crippen molar-refractivity contribution in [1.82, 2.24) is 0 Å². The van der Waals surface area contributed by atoms with Gasteiger partial charge in [-0.2, -0.15) is 0 Å². The second-order valence-electron chi connectivity index (χ2n) is 2.14. The highest BCUT2D eigenvalue weighted by Gasteiger charge is 2.34. The Bertz CT molecular complexity index is 153. The Hall–Kier alpha value is 0.0700. The van der Waals surface area contributed by atoms with Crippen molar-refractivity contribution in [3.8, 4) is 0 Å². The van der Waals surface area contributed by atoms with Gasteiger partial charge in [0.05, 0.1) is 6.10 Å². The number of hydrogen-bond donors (Lipinski definition) is 2. The zero-order chi connectivity index (χ0) is 9.07. The smallest absolute Gasteiger partial charge is 0.349 e. The van der Waals surface area contributed by atoms with Crippen LogP contribution in [0.25, 0.3) is 0 Å². The Balaban J connectivity index is 4.38. The van der Waals surface area contributed by atoms with Crippen LogP contribution in [0.2, 0.25) is 0 Å². The molecular weight excluding hydrogens is 169 g/mol. The van der Waals surface area contributed by atoms with E-state index in [1.165, 1.54) is 21.1 Å². The topological polar surface area (TPSA) is 81.8 Å². The number of hydrogen-bond acceptors (Lipinski definition) is 5. The van der Waals surface area contributed by atoms with Gasteiger partial charge in [0.15, 0.2) is 0 Å². The summed E-state index contributed by atoms with van der Waals surface area (Å²) in [4.78, 5) is 0. The van der Waals surface area contributed by atoms with Gasteiger partial charge >= 0.3 is 7.60 Å². The second kappa shape index (κ2) is 4.18. The SMILES string of the molecule is COP(=O)(OC)C(N)[C@@H](C)O. The minimum atomic E-state index is -3.30. The van der Waals surface area contributed by atoms with E-state index < -0.39 is 19.5 Å². The maximum atomic E-state index is 11.4. The highest BCUT2D eigenvalue weighted by atomic mass is 31.2. The fraction of sp³-hybridized carbons (Fsp3) is 1.00. The molecule has 3 N–H and O–H groups in total. The third-order valence-corrected chi connectivity index (χ3v) is 3.55. The quantitative estimate of drug-likeness (QED) is 0.606. The second-order valence-corrected chi connectivity index (χ2v) is 4.54. The third kappa shape index (κ3) is 2.54. The summed E-state index contributed by atoms with van der Waals surface area (Å²) in [5.41, 5.74) is 5.35. The highest BCUT2D eigenvalue weighted by molar-refractivity contribution is 7.54. The van der Waals surface area contributed by atoms with Crippen molar-refractivity contribution in [3.63, 3.8) is 0 Å². The molecule has 0 aromatic heterocycles. The van der Waals surface area contributed by atoms with Crippen molar-refractivity contribution in [2.45, 2.75) is 18.8 Å². The summed E-state index contributed by atoms with van der Waals surface area (Å²) < 4.78 is 20.5. The van der Waals surface area contributed by atoms with Crippen molar-refractivity contribution in [3.05, 3.63) is 0 Å². The molecule has 0 radical (unpaired) electrons. The van der Waals surface area contributed by atoms with E-state index >= 15 is 0 Å². The van der Waals surface area contributed by atoms with E-state index in [1.807, 2.05) is 0 Å². The third-order valence-electron chi connectivity index (χ3n) is 1.37. The molecule has 0 aromatic rings. The highest BCUT2D eigenvalue weighted by Crippen LogP contribution is 2.50. The molecule has 0 heterocycles. The molecule has 0 saturated heterocycles. The lowest BCUT2D eigenvalue weighted by Crippen LogP contribution is -2.33. The standard InChI is InChI=1S/C5H14NO4P/c1-4(7)5(6)11(8,9-2)10-3/h4-5,7H,6H2,1-3H3/t4-,5?/m1/s1. The Kier molecular flexibility index (Phi) is 4.21. The van der Waals surface area contributed by atoms with E-state index in [0.717, 1.165) is 0 Å². The molecule has 0 rings (SSSR count). The van der Waals surface area contributed by atoms with Crippen LogP contribution < -0.4 is 5.73 Å². The van der Waals surface area contributed by atoms with Crippen LogP contribution >= 0.6 is 7.60 Å². The van der Waals surface area contributed by atoms with Crippen molar-refractivity contribution in [2.24, 2.45) is 5.73 Å². The summed E-state index contributed by atoms with van der Waals surface area (Å²) in [5, 5.41) is 8.96. The van der Waals surface area contributed by atoms with Gasteiger partial charge in [0.2, 0.25) is 0 Å². The Labute approximate surface area is 66.0 Å². The van der Waals surface area contributed by atoms with Crippen LogP contribution in [0.1, 0.15) is 6.92 Å². The molecule has 6 heteroatoms. The van der Waals surface area contributed by atoms with Gasteiger partial charge in [-0.15, -0.1) is 0 Å². The predicted molar refractivity (Wildman–Crippen MR) is 41.3 cm³/mol. The molecule has 0 amide bonds. The van der Waals surface area contributed by atoms with Crippen LogP contribution in [0.15, 0.2) is 0 Å². The lowest BCUT2D eigenvalue weighted by atomic mass is 10.4. The Morgan fingerprint density at radius 2 is 1.82 bits per heavy atom. The molecule has 0 saturated carbocycles. The minimum Gasteiger partial charge on any atom is -0.391 e. The Morgan fingerprint density at radius 3 is 1.91 bits per heavy atom. The van der Waals surface area contributed by atoms with E-state index in [1.54, 1.807) is 0 Å². The number of nitrogens with two attached hydrogens (primary N) is 1. The van der Waals surface area contributed by atoms with Crippen molar-refractivity contribution < 1.29 is 18.7 Å². The summed E-state index contributed by atoms with van der Waals surface area (Å²) in [6.45, 7) is 1.43. The molecule has 0 bridgehead atoms. The molecule has 0 aliphatic carbocycles. The van der Waals surface area contributed by atoms with Crippen molar-refractivity contribution in [2.75, 3.05) is 14.2 Å². The van der Waals surface area contributed by atoms with Crippen molar-refractivity contribution >= 4 is 7.60 Å². The molecule has 0 aliphatic rings. The van der Waals surface area contributed by atoms with Gasteiger partial charge in [-0.05, 0) is 6.92 Å². The normalized spacial score (nSPS) is 17.9. The fourth-order valence-corrected chi connectivity index (χ4v) is 1.75. The van der Waals surface area contributed by atoms with Gasteiger partial charge < -0.3 is 19.9 Å².